The minimum Gasteiger partial charge on any atom is -0.507 e. The maximum absolute atomic E-state index is 12.9. The van der Waals surface area contributed by atoms with Gasteiger partial charge in [0.2, 0.25) is 0 Å². The largest absolute Gasteiger partial charge is 0.507 e. The van der Waals surface area contributed by atoms with Gasteiger partial charge in [-0.15, -0.1) is 0 Å². The summed E-state index contributed by atoms with van der Waals surface area (Å²) in [6.45, 7) is 2.51. The van der Waals surface area contributed by atoms with Gasteiger partial charge in [-0.2, -0.15) is 5.10 Å². The zero-order valence-electron chi connectivity index (χ0n) is 14.6. The van der Waals surface area contributed by atoms with Crippen molar-refractivity contribution < 1.29 is 14.6 Å². The van der Waals surface area contributed by atoms with Gasteiger partial charge < -0.3 is 14.7 Å². The van der Waals surface area contributed by atoms with E-state index in [1.807, 2.05) is 37.3 Å². The molecule has 0 radical (unpaired) electrons. The smallest absolute Gasteiger partial charge is 0.273 e. The van der Waals surface area contributed by atoms with Crippen molar-refractivity contribution >= 4 is 5.91 Å². The zero-order chi connectivity index (χ0) is 18.3. The average Bonchev–Trinajstić information content (AvgIpc) is 3.21. The summed E-state index contributed by atoms with van der Waals surface area (Å²) in [5.74, 6) is 0.769. The second kappa shape index (κ2) is 6.22. The molecule has 1 amide bonds. The highest BCUT2D eigenvalue weighted by Gasteiger charge is 2.41. The van der Waals surface area contributed by atoms with Gasteiger partial charge in [0, 0.05) is 17.7 Å². The Hall–Kier alpha value is -3.28. The number of nitrogens with one attached hydrogen (secondary N) is 1. The molecule has 0 bridgehead atoms. The van der Waals surface area contributed by atoms with Crippen LogP contribution in [0, 0.1) is 0 Å². The van der Waals surface area contributed by atoms with Crippen LogP contribution in [0.4, 0.5) is 0 Å². The predicted octanol–water partition coefficient (Wildman–Crippen LogP) is 3.36. The molecule has 6 heteroatoms. The molecule has 2 aromatic carbocycles. The van der Waals surface area contributed by atoms with Gasteiger partial charge in [0.15, 0.2) is 0 Å². The Labute approximate surface area is 151 Å². The third-order valence-electron chi connectivity index (χ3n) is 4.77. The van der Waals surface area contributed by atoms with E-state index in [2.05, 4.69) is 10.2 Å². The normalized spacial score (nSPS) is 16.0. The third-order valence-corrected chi connectivity index (χ3v) is 4.77. The van der Waals surface area contributed by atoms with Crippen LogP contribution in [-0.2, 0) is 0 Å². The van der Waals surface area contributed by atoms with Gasteiger partial charge in [-0.1, -0.05) is 24.3 Å². The number of benzene rings is 2. The Morgan fingerprint density at radius 3 is 2.77 bits per heavy atom. The Balaban J connectivity index is 1.93. The first-order valence-corrected chi connectivity index (χ1v) is 8.47. The molecule has 2 heterocycles. The van der Waals surface area contributed by atoms with Crippen molar-refractivity contribution in [3.8, 4) is 22.8 Å². The van der Waals surface area contributed by atoms with Crippen LogP contribution in [0.1, 0.15) is 34.6 Å². The van der Waals surface area contributed by atoms with Crippen LogP contribution in [0.25, 0.3) is 11.3 Å². The molecule has 1 aliphatic heterocycles. The molecule has 26 heavy (non-hydrogen) atoms. The number of phenolic OH excluding ortho intramolecular Hbond substituents is 1. The van der Waals surface area contributed by atoms with Crippen LogP contribution in [0.15, 0.2) is 48.5 Å². The number of carbonyl (C=O) groups is 1. The first kappa shape index (κ1) is 16.2. The molecule has 132 valence electrons. The van der Waals surface area contributed by atoms with Crippen molar-refractivity contribution in [2.45, 2.75) is 13.0 Å². The highest BCUT2D eigenvalue weighted by atomic mass is 16.5. The molecule has 1 aliphatic rings. The van der Waals surface area contributed by atoms with Gasteiger partial charge in [0.25, 0.3) is 5.91 Å². The van der Waals surface area contributed by atoms with E-state index in [0.717, 1.165) is 16.9 Å². The van der Waals surface area contributed by atoms with Crippen LogP contribution < -0.4 is 4.74 Å². The summed E-state index contributed by atoms with van der Waals surface area (Å²) in [7, 11) is 1.62. The lowest BCUT2D eigenvalue weighted by atomic mass is 9.95. The van der Waals surface area contributed by atoms with E-state index >= 15 is 0 Å². The maximum atomic E-state index is 12.9. The van der Waals surface area contributed by atoms with Gasteiger partial charge in [0.05, 0.1) is 13.2 Å². The molecule has 3 aromatic rings. The minimum absolute atomic E-state index is 0.0931. The summed E-state index contributed by atoms with van der Waals surface area (Å²) in [6, 6.07) is 14.4. The van der Waals surface area contributed by atoms with E-state index in [1.54, 1.807) is 30.2 Å². The lowest BCUT2D eigenvalue weighted by Gasteiger charge is -2.25. The molecule has 6 nitrogen and oxygen atoms in total. The van der Waals surface area contributed by atoms with Crippen molar-refractivity contribution in [3.05, 3.63) is 65.4 Å². The monoisotopic (exact) mass is 349 g/mol. The lowest BCUT2D eigenvalue weighted by molar-refractivity contribution is 0.0753. The number of ether oxygens (including phenoxy) is 1. The van der Waals surface area contributed by atoms with Crippen LogP contribution in [0.5, 0.6) is 11.5 Å². The van der Waals surface area contributed by atoms with Gasteiger partial charge in [0.1, 0.15) is 22.9 Å². The summed E-state index contributed by atoms with van der Waals surface area (Å²) < 4.78 is 5.35. The molecule has 0 saturated carbocycles. The van der Waals surface area contributed by atoms with Crippen LogP contribution in [0.3, 0.4) is 0 Å². The van der Waals surface area contributed by atoms with E-state index in [9.17, 15) is 9.90 Å². The quantitative estimate of drug-likeness (QED) is 0.757. The molecule has 1 aromatic heterocycles. The number of phenols is 1. The summed E-state index contributed by atoms with van der Waals surface area (Å²) in [5.41, 5.74) is 3.39. The van der Waals surface area contributed by atoms with Crippen molar-refractivity contribution in [2.75, 3.05) is 13.7 Å². The van der Waals surface area contributed by atoms with Crippen LogP contribution in [0.2, 0.25) is 0 Å². The summed E-state index contributed by atoms with van der Waals surface area (Å²) in [4.78, 5) is 14.6. The predicted molar refractivity (Wildman–Crippen MR) is 97.2 cm³/mol. The fourth-order valence-corrected chi connectivity index (χ4v) is 3.56. The minimum atomic E-state index is -0.286. The summed E-state index contributed by atoms with van der Waals surface area (Å²) in [6.07, 6.45) is 0. The molecule has 0 spiro atoms. The number of amides is 1. The van der Waals surface area contributed by atoms with Crippen LogP contribution in [-0.4, -0.2) is 39.8 Å². The Bertz CT molecular complexity index is 980. The summed E-state index contributed by atoms with van der Waals surface area (Å²) >= 11 is 0. The number of methoxy groups -OCH3 is 1. The Morgan fingerprint density at radius 1 is 1.23 bits per heavy atom. The first-order chi connectivity index (χ1) is 12.7. The number of fused-ring (bicyclic) bond motifs is 1. The molecule has 0 aliphatic carbocycles. The number of aromatic amines is 1. The van der Waals surface area contributed by atoms with Gasteiger partial charge in [-0.25, -0.2) is 0 Å². The van der Waals surface area contributed by atoms with E-state index < -0.39 is 0 Å². The molecule has 1 atom stereocenters. The Morgan fingerprint density at radius 2 is 2.04 bits per heavy atom. The SMILES string of the molecule is CCN1C(=O)c2[nH]nc(-c3ccccc3O)c2C1c1cccc(OC)c1. The van der Waals surface area contributed by atoms with E-state index in [-0.39, 0.29) is 17.7 Å². The maximum Gasteiger partial charge on any atom is 0.273 e. The molecule has 2 N–H and O–H groups in total. The fourth-order valence-electron chi connectivity index (χ4n) is 3.56. The highest BCUT2D eigenvalue weighted by Crippen LogP contribution is 2.44. The number of hydrogen-bond donors (Lipinski definition) is 2. The number of hydrogen-bond acceptors (Lipinski definition) is 4. The fraction of sp³-hybridized carbons (Fsp3) is 0.200. The third kappa shape index (κ3) is 2.34. The molecule has 1 unspecified atom stereocenters. The van der Waals surface area contributed by atoms with Gasteiger partial charge in [-0.3, -0.25) is 9.89 Å². The second-order valence-electron chi connectivity index (χ2n) is 6.15. The molecule has 0 saturated heterocycles. The van der Waals surface area contributed by atoms with Crippen molar-refractivity contribution in [3.63, 3.8) is 0 Å². The van der Waals surface area contributed by atoms with E-state index in [4.69, 9.17) is 4.74 Å². The van der Waals surface area contributed by atoms with Crippen molar-refractivity contribution in [1.29, 1.82) is 0 Å². The first-order valence-electron chi connectivity index (χ1n) is 8.47. The zero-order valence-corrected chi connectivity index (χ0v) is 14.6. The van der Waals surface area contributed by atoms with Crippen LogP contribution >= 0.6 is 0 Å². The highest BCUT2D eigenvalue weighted by molar-refractivity contribution is 6.00. The number of carbonyl (C=O) groups excluding carboxylic acids is 1. The number of nitrogens with zero attached hydrogens (tertiary/aromatic N) is 2. The number of H-pyrrole nitrogens is 1. The van der Waals surface area contributed by atoms with E-state index in [1.165, 1.54) is 0 Å². The standard InChI is InChI=1S/C20H19N3O3/c1-3-23-19(12-7-6-8-13(11-12)26-2)16-17(21-22-18(16)20(23)25)14-9-4-5-10-15(14)24/h4-11,19,24H,3H2,1-2H3,(H,21,22). The summed E-state index contributed by atoms with van der Waals surface area (Å²) in [5, 5.41) is 17.5. The number of rotatable bonds is 4. The molecule has 0 fully saturated rings. The van der Waals surface area contributed by atoms with Gasteiger partial charge in [-0.05, 0) is 36.8 Å². The number of para-hydroxylation sites is 1. The van der Waals surface area contributed by atoms with Crippen molar-refractivity contribution in [2.24, 2.45) is 0 Å². The molecule has 4 rings (SSSR count). The Kier molecular flexibility index (Phi) is 3.88. The lowest BCUT2D eigenvalue weighted by Crippen LogP contribution is -2.29. The molecular weight excluding hydrogens is 330 g/mol. The topological polar surface area (TPSA) is 78.5 Å². The average molecular weight is 349 g/mol. The number of aromatic nitrogens is 2. The van der Waals surface area contributed by atoms with Crippen molar-refractivity contribution in [1.82, 2.24) is 15.1 Å². The second-order valence-corrected chi connectivity index (χ2v) is 6.15. The molecular formula is C20H19N3O3. The number of aromatic hydroxyl groups is 1. The van der Waals surface area contributed by atoms with Gasteiger partial charge >= 0.3 is 0 Å². The van der Waals surface area contributed by atoms with E-state index in [0.29, 0.717) is 23.5 Å².